The predicted octanol–water partition coefficient (Wildman–Crippen LogP) is 2.95. The molecule has 0 unspecified atom stereocenters. The number of hydrogen-bond donors (Lipinski definition) is 2. The average molecular weight is 306 g/mol. The van der Waals surface area contributed by atoms with E-state index in [9.17, 15) is 13.6 Å². The van der Waals surface area contributed by atoms with Crippen LogP contribution < -0.4 is 10.6 Å². The zero-order valence-corrected chi connectivity index (χ0v) is 12.3. The zero-order valence-electron chi connectivity index (χ0n) is 12.3. The number of aromatic nitrogens is 2. The monoisotopic (exact) mass is 306 g/mol. The second-order valence-electron chi connectivity index (χ2n) is 4.66. The highest BCUT2D eigenvalue weighted by Gasteiger charge is 2.13. The van der Waals surface area contributed by atoms with Crippen LogP contribution in [0.1, 0.15) is 29.7 Å². The lowest BCUT2D eigenvalue weighted by Crippen LogP contribution is -2.25. The molecule has 0 fully saturated rings. The van der Waals surface area contributed by atoms with Crippen LogP contribution in [0, 0.1) is 18.6 Å². The second kappa shape index (κ2) is 6.93. The number of hydrogen-bond acceptors (Lipinski definition) is 4. The summed E-state index contributed by atoms with van der Waals surface area (Å²) in [5.74, 6) is -1.37. The topological polar surface area (TPSA) is 66.9 Å². The molecule has 1 aromatic carbocycles. The van der Waals surface area contributed by atoms with E-state index in [2.05, 4.69) is 20.6 Å². The molecule has 2 rings (SSSR count). The highest BCUT2D eigenvalue weighted by atomic mass is 19.1. The van der Waals surface area contributed by atoms with Gasteiger partial charge in [-0.25, -0.2) is 18.7 Å². The summed E-state index contributed by atoms with van der Waals surface area (Å²) in [4.78, 5) is 20.0. The van der Waals surface area contributed by atoms with Gasteiger partial charge in [0.15, 0.2) is 0 Å². The third-order valence-electron chi connectivity index (χ3n) is 2.82. The molecule has 2 aromatic rings. The summed E-state index contributed by atoms with van der Waals surface area (Å²) in [6.07, 6.45) is 0.793. The largest absolute Gasteiger partial charge is 0.351 e. The molecule has 0 bridgehead atoms. The minimum atomic E-state index is -0.742. The van der Waals surface area contributed by atoms with Gasteiger partial charge in [-0.3, -0.25) is 4.79 Å². The Balaban J connectivity index is 2.28. The number of anilines is 2. The van der Waals surface area contributed by atoms with Crippen molar-refractivity contribution in [3.8, 4) is 0 Å². The Morgan fingerprint density at radius 1 is 1.23 bits per heavy atom. The van der Waals surface area contributed by atoms with E-state index in [4.69, 9.17) is 0 Å². The first-order valence-corrected chi connectivity index (χ1v) is 6.86. The number of rotatable bonds is 5. The molecule has 0 saturated heterocycles. The Bertz CT molecular complexity index is 671. The fourth-order valence-electron chi connectivity index (χ4n) is 1.82. The molecule has 5 nitrogen and oxygen atoms in total. The predicted molar refractivity (Wildman–Crippen MR) is 79.0 cm³/mol. The Labute approximate surface area is 126 Å². The molecule has 1 heterocycles. The lowest BCUT2D eigenvalue weighted by Gasteiger charge is -2.10. The minimum Gasteiger partial charge on any atom is -0.351 e. The molecule has 7 heteroatoms. The van der Waals surface area contributed by atoms with E-state index in [0.29, 0.717) is 12.4 Å². The van der Waals surface area contributed by atoms with Crippen molar-refractivity contribution in [3.63, 3.8) is 0 Å². The number of nitrogens with one attached hydrogen (secondary N) is 2. The molecule has 0 aliphatic heterocycles. The van der Waals surface area contributed by atoms with Crippen LogP contribution in [0.5, 0.6) is 0 Å². The van der Waals surface area contributed by atoms with Crippen LogP contribution in [0.4, 0.5) is 20.3 Å². The summed E-state index contributed by atoms with van der Waals surface area (Å²) in [6, 6.07) is 4.89. The summed E-state index contributed by atoms with van der Waals surface area (Å²) in [5, 5.41) is 5.24. The second-order valence-corrected chi connectivity index (χ2v) is 4.66. The van der Waals surface area contributed by atoms with Crippen LogP contribution in [0.25, 0.3) is 0 Å². The number of aryl methyl sites for hydroxylation is 1. The number of para-hydroxylation sites is 1. The van der Waals surface area contributed by atoms with Crippen LogP contribution in [-0.2, 0) is 0 Å². The van der Waals surface area contributed by atoms with Gasteiger partial charge < -0.3 is 10.6 Å². The van der Waals surface area contributed by atoms with Crippen LogP contribution in [-0.4, -0.2) is 22.4 Å². The van der Waals surface area contributed by atoms with E-state index in [1.165, 1.54) is 12.1 Å². The Kier molecular flexibility index (Phi) is 4.98. The van der Waals surface area contributed by atoms with Crippen molar-refractivity contribution in [2.75, 3.05) is 11.9 Å². The smallest absolute Gasteiger partial charge is 0.270 e. The maximum absolute atomic E-state index is 13.6. The van der Waals surface area contributed by atoms with Crippen molar-refractivity contribution in [2.45, 2.75) is 20.3 Å². The van der Waals surface area contributed by atoms with Gasteiger partial charge in [-0.2, -0.15) is 0 Å². The normalized spacial score (nSPS) is 10.4. The van der Waals surface area contributed by atoms with Gasteiger partial charge in [-0.15, -0.1) is 0 Å². The summed E-state index contributed by atoms with van der Waals surface area (Å²) in [5.41, 5.74) is -0.180. The highest BCUT2D eigenvalue weighted by Crippen LogP contribution is 2.22. The van der Waals surface area contributed by atoms with Gasteiger partial charge in [-0.1, -0.05) is 13.0 Å². The van der Waals surface area contributed by atoms with E-state index in [1.54, 1.807) is 6.92 Å². The molecule has 1 aromatic heterocycles. The quantitative estimate of drug-likeness (QED) is 0.891. The van der Waals surface area contributed by atoms with Crippen LogP contribution >= 0.6 is 0 Å². The maximum Gasteiger partial charge on any atom is 0.270 e. The van der Waals surface area contributed by atoms with Gasteiger partial charge in [0, 0.05) is 12.6 Å². The van der Waals surface area contributed by atoms with E-state index in [1.807, 2.05) is 6.92 Å². The van der Waals surface area contributed by atoms with Crippen molar-refractivity contribution >= 4 is 17.4 Å². The molecule has 0 aliphatic rings. The van der Waals surface area contributed by atoms with Crippen LogP contribution in [0.3, 0.4) is 0 Å². The van der Waals surface area contributed by atoms with Gasteiger partial charge in [0.05, 0.1) is 0 Å². The molecule has 116 valence electrons. The van der Waals surface area contributed by atoms with Gasteiger partial charge in [0.25, 0.3) is 5.91 Å². The minimum absolute atomic E-state index is 0.139. The summed E-state index contributed by atoms with van der Waals surface area (Å²) >= 11 is 0. The number of amides is 1. The summed E-state index contributed by atoms with van der Waals surface area (Å²) < 4.78 is 27.3. The van der Waals surface area contributed by atoms with Crippen LogP contribution in [0.2, 0.25) is 0 Å². The lowest BCUT2D eigenvalue weighted by atomic mass is 10.2. The molecule has 0 radical (unpaired) electrons. The van der Waals surface area contributed by atoms with Crippen molar-refractivity contribution in [3.05, 3.63) is 47.4 Å². The van der Waals surface area contributed by atoms with Crippen molar-refractivity contribution < 1.29 is 13.6 Å². The molecule has 2 N–H and O–H groups in total. The zero-order chi connectivity index (χ0) is 16.1. The molecule has 0 aliphatic carbocycles. The van der Waals surface area contributed by atoms with Gasteiger partial charge in [0.2, 0.25) is 0 Å². The maximum atomic E-state index is 13.6. The van der Waals surface area contributed by atoms with Crippen molar-refractivity contribution in [1.82, 2.24) is 15.3 Å². The van der Waals surface area contributed by atoms with Gasteiger partial charge in [0.1, 0.15) is 34.7 Å². The molecular formula is C15H16F2N4O. The van der Waals surface area contributed by atoms with Gasteiger partial charge >= 0.3 is 0 Å². The Hall–Kier alpha value is -2.57. The van der Waals surface area contributed by atoms with Crippen molar-refractivity contribution in [2.24, 2.45) is 0 Å². The van der Waals surface area contributed by atoms with Crippen molar-refractivity contribution in [1.29, 1.82) is 0 Å². The summed E-state index contributed by atoms with van der Waals surface area (Å²) in [6.45, 7) is 4.05. The molecule has 22 heavy (non-hydrogen) atoms. The lowest BCUT2D eigenvalue weighted by molar-refractivity contribution is 0.0948. The standard InChI is InChI=1S/C15H16F2N4O/c1-3-7-18-15(22)12-8-13(20-9(2)19-12)21-14-10(16)5-4-6-11(14)17/h4-6,8H,3,7H2,1-2H3,(H,18,22)(H,19,20,21). The van der Waals surface area contributed by atoms with E-state index in [0.717, 1.165) is 18.6 Å². The molecule has 0 saturated carbocycles. The van der Waals surface area contributed by atoms with Crippen LogP contribution in [0.15, 0.2) is 24.3 Å². The fourth-order valence-corrected chi connectivity index (χ4v) is 1.82. The Morgan fingerprint density at radius 3 is 2.55 bits per heavy atom. The van der Waals surface area contributed by atoms with E-state index in [-0.39, 0.29) is 23.1 Å². The van der Waals surface area contributed by atoms with Gasteiger partial charge in [-0.05, 0) is 25.5 Å². The first-order valence-electron chi connectivity index (χ1n) is 6.86. The van der Waals surface area contributed by atoms with E-state index >= 15 is 0 Å². The third-order valence-corrected chi connectivity index (χ3v) is 2.82. The number of halogens is 2. The molecule has 0 atom stereocenters. The molecular weight excluding hydrogens is 290 g/mol. The first-order chi connectivity index (χ1) is 10.5. The highest BCUT2D eigenvalue weighted by molar-refractivity contribution is 5.93. The average Bonchev–Trinajstić information content (AvgIpc) is 2.48. The Morgan fingerprint density at radius 2 is 1.91 bits per heavy atom. The first kappa shape index (κ1) is 15.8. The number of nitrogens with zero attached hydrogens (tertiary/aromatic N) is 2. The third kappa shape index (κ3) is 3.75. The number of benzene rings is 1. The SMILES string of the molecule is CCCNC(=O)c1cc(Nc2c(F)cccc2F)nc(C)n1. The van der Waals surface area contributed by atoms with E-state index < -0.39 is 11.6 Å². The number of carbonyl (C=O) groups is 1. The fraction of sp³-hybridized carbons (Fsp3) is 0.267. The molecule has 0 spiro atoms. The molecule has 1 amide bonds. The number of carbonyl (C=O) groups excluding carboxylic acids is 1. The summed E-state index contributed by atoms with van der Waals surface area (Å²) in [7, 11) is 0.